The van der Waals surface area contributed by atoms with E-state index in [0.29, 0.717) is 40.7 Å². The van der Waals surface area contributed by atoms with Gasteiger partial charge in [-0.15, -0.1) is 0 Å². The lowest BCUT2D eigenvalue weighted by Crippen LogP contribution is -2.57. The summed E-state index contributed by atoms with van der Waals surface area (Å²) < 4.78 is 16.1. The Kier molecular flexibility index (Phi) is 6.28. The average Bonchev–Trinajstić information content (AvgIpc) is 2.75. The van der Waals surface area contributed by atoms with E-state index >= 15 is 0 Å². The Hall–Kier alpha value is -2.44. The Balaban J connectivity index is 1.50. The van der Waals surface area contributed by atoms with Gasteiger partial charge in [-0.1, -0.05) is 13.8 Å². The molecule has 4 bridgehead atoms. The topological polar surface area (TPSA) is 85.9 Å². The number of amides is 2. The van der Waals surface area contributed by atoms with Crippen molar-refractivity contribution >= 4 is 17.5 Å². The molecule has 0 heterocycles. The first-order valence-electron chi connectivity index (χ1n) is 11.7. The van der Waals surface area contributed by atoms with Gasteiger partial charge in [0.15, 0.2) is 11.5 Å². The van der Waals surface area contributed by atoms with Crippen molar-refractivity contribution in [2.45, 2.75) is 58.4 Å². The first-order chi connectivity index (χ1) is 15.3. The van der Waals surface area contributed by atoms with Crippen LogP contribution in [0.25, 0.3) is 0 Å². The van der Waals surface area contributed by atoms with Crippen LogP contribution in [0, 0.1) is 29.1 Å². The maximum atomic E-state index is 13.5. The lowest BCUT2D eigenvalue weighted by Gasteiger charge is -2.55. The number of benzene rings is 1. The molecule has 0 saturated heterocycles. The maximum absolute atomic E-state index is 13.5. The van der Waals surface area contributed by atoms with Crippen molar-refractivity contribution in [3.8, 4) is 17.2 Å². The molecule has 0 aromatic heterocycles. The molecular weight excluding hydrogens is 408 g/mol. The van der Waals surface area contributed by atoms with Gasteiger partial charge in [-0.2, -0.15) is 0 Å². The molecule has 2 N–H and O–H groups in total. The van der Waals surface area contributed by atoms with Crippen LogP contribution in [0.15, 0.2) is 12.1 Å². The molecule has 0 radical (unpaired) electrons. The number of hydrogen-bond donors (Lipinski definition) is 2. The van der Waals surface area contributed by atoms with Crippen LogP contribution < -0.4 is 24.8 Å². The molecule has 176 valence electrons. The van der Waals surface area contributed by atoms with Crippen LogP contribution in [0.4, 0.5) is 5.69 Å². The Morgan fingerprint density at radius 1 is 0.906 bits per heavy atom. The summed E-state index contributed by atoms with van der Waals surface area (Å²) in [7, 11) is 4.60. The zero-order chi connectivity index (χ0) is 23.0. The predicted octanol–water partition coefficient (Wildman–Crippen LogP) is 4.01. The van der Waals surface area contributed by atoms with E-state index in [1.165, 1.54) is 40.6 Å². The van der Waals surface area contributed by atoms with E-state index < -0.39 is 6.04 Å². The minimum Gasteiger partial charge on any atom is -0.493 e. The second-order valence-corrected chi connectivity index (χ2v) is 10.3. The fraction of sp³-hybridized carbons (Fsp3) is 0.680. The molecule has 5 rings (SSSR count). The highest BCUT2D eigenvalue weighted by atomic mass is 16.5. The molecule has 0 spiro atoms. The van der Waals surface area contributed by atoms with Crippen LogP contribution >= 0.6 is 0 Å². The summed E-state index contributed by atoms with van der Waals surface area (Å²) in [4.78, 5) is 26.7. The van der Waals surface area contributed by atoms with E-state index in [-0.39, 0.29) is 23.1 Å². The van der Waals surface area contributed by atoms with Gasteiger partial charge in [0.1, 0.15) is 6.04 Å². The minimum atomic E-state index is -0.616. The molecule has 4 aliphatic rings. The van der Waals surface area contributed by atoms with Crippen molar-refractivity contribution in [2.75, 3.05) is 26.6 Å². The van der Waals surface area contributed by atoms with Crippen molar-refractivity contribution in [3.63, 3.8) is 0 Å². The number of methoxy groups -OCH3 is 3. The van der Waals surface area contributed by atoms with Crippen LogP contribution in [0.5, 0.6) is 17.2 Å². The highest BCUT2D eigenvalue weighted by molar-refractivity contribution is 5.98. The molecule has 1 unspecified atom stereocenters. The second-order valence-electron chi connectivity index (χ2n) is 10.3. The average molecular weight is 445 g/mol. The molecule has 32 heavy (non-hydrogen) atoms. The van der Waals surface area contributed by atoms with E-state index in [1.807, 2.05) is 13.8 Å². The van der Waals surface area contributed by atoms with Crippen molar-refractivity contribution in [1.82, 2.24) is 5.32 Å². The highest BCUT2D eigenvalue weighted by Crippen LogP contribution is 2.60. The third kappa shape index (κ3) is 4.14. The van der Waals surface area contributed by atoms with Gasteiger partial charge in [0, 0.05) is 23.2 Å². The summed E-state index contributed by atoms with van der Waals surface area (Å²) in [6.45, 7) is 3.92. The van der Waals surface area contributed by atoms with Crippen LogP contribution in [0.2, 0.25) is 0 Å². The van der Waals surface area contributed by atoms with E-state index in [4.69, 9.17) is 14.2 Å². The summed E-state index contributed by atoms with van der Waals surface area (Å²) in [6, 6.07) is 2.77. The van der Waals surface area contributed by atoms with Gasteiger partial charge in [-0.05, 0) is 62.2 Å². The third-order valence-corrected chi connectivity index (χ3v) is 7.69. The number of carbonyl (C=O) groups is 2. The lowest BCUT2D eigenvalue weighted by molar-refractivity contribution is -0.148. The van der Waals surface area contributed by atoms with Crippen molar-refractivity contribution in [3.05, 3.63) is 12.1 Å². The monoisotopic (exact) mass is 444 g/mol. The van der Waals surface area contributed by atoms with E-state index in [2.05, 4.69) is 10.6 Å². The molecule has 1 aromatic carbocycles. The first kappa shape index (κ1) is 22.7. The van der Waals surface area contributed by atoms with Gasteiger partial charge in [0.2, 0.25) is 17.6 Å². The minimum absolute atomic E-state index is 0.0464. The van der Waals surface area contributed by atoms with Gasteiger partial charge >= 0.3 is 0 Å². The Bertz CT molecular complexity index is 821. The molecule has 4 saturated carbocycles. The normalized spacial score (nSPS) is 28.9. The molecule has 2 amide bonds. The summed E-state index contributed by atoms with van der Waals surface area (Å²) >= 11 is 0. The second kappa shape index (κ2) is 8.83. The molecule has 7 nitrogen and oxygen atoms in total. The van der Waals surface area contributed by atoms with E-state index in [0.717, 1.165) is 19.3 Å². The largest absolute Gasteiger partial charge is 0.493 e. The Labute approximate surface area is 190 Å². The third-order valence-electron chi connectivity index (χ3n) is 7.69. The fourth-order valence-electron chi connectivity index (χ4n) is 6.59. The van der Waals surface area contributed by atoms with Crippen molar-refractivity contribution < 1.29 is 23.8 Å². The maximum Gasteiger partial charge on any atom is 0.247 e. The summed E-state index contributed by atoms with van der Waals surface area (Å²) in [5.41, 5.74) is 0.244. The molecular formula is C25H36N2O5. The van der Waals surface area contributed by atoms with Gasteiger partial charge in [0.05, 0.1) is 21.3 Å². The smallest absolute Gasteiger partial charge is 0.247 e. The number of carbonyl (C=O) groups excluding carboxylic acids is 2. The highest BCUT2D eigenvalue weighted by Gasteiger charge is 2.55. The van der Waals surface area contributed by atoms with Crippen LogP contribution in [0.1, 0.15) is 52.4 Å². The van der Waals surface area contributed by atoms with Crippen LogP contribution in [-0.4, -0.2) is 39.2 Å². The Morgan fingerprint density at radius 3 is 1.81 bits per heavy atom. The van der Waals surface area contributed by atoms with Crippen molar-refractivity contribution in [1.29, 1.82) is 0 Å². The molecule has 0 aliphatic heterocycles. The Morgan fingerprint density at radius 2 is 1.41 bits per heavy atom. The van der Waals surface area contributed by atoms with Gasteiger partial charge in [-0.25, -0.2) is 0 Å². The number of nitrogens with one attached hydrogen (secondary N) is 2. The summed E-state index contributed by atoms with van der Waals surface area (Å²) in [5, 5.41) is 6.07. The number of hydrogen-bond acceptors (Lipinski definition) is 5. The van der Waals surface area contributed by atoms with Crippen molar-refractivity contribution in [2.24, 2.45) is 29.1 Å². The van der Waals surface area contributed by atoms with Gasteiger partial charge in [-0.3, -0.25) is 9.59 Å². The quantitative estimate of drug-likeness (QED) is 0.633. The zero-order valence-electron chi connectivity index (χ0n) is 19.8. The molecule has 7 heteroatoms. The van der Waals surface area contributed by atoms with E-state index in [9.17, 15) is 9.59 Å². The predicted molar refractivity (Wildman–Crippen MR) is 122 cm³/mol. The summed E-state index contributed by atoms with van der Waals surface area (Å²) in [6.07, 6.45) is 6.77. The number of ether oxygens (including phenoxy) is 3. The standard InChI is InChI=1S/C25H36N2O5/c1-14(2)21(23(28)26-18-9-19(30-3)22(32-5)20(10-18)31-4)27-24(29)25-11-15-6-16(12-25)8-17(7-15)13-25/h9-10,14-17,21H,6-8,11-13H2,1-5H3,(H,26,28)(H,27,29). The van der Waals surface area contributed by atoms with Gasteiger partial charge < -0.3 is 24.8 Å². The molecule has 1 atom stereocenters. The molecule has 4 aliphatic carbocycles. The van der Waals surface area contributed by atoms with E-state index in [1.54, 1.807) is 12.1 Å². The SMILES string of the molecule is COc1cc(NC(=O)C(NC(=O)C23CC4CC(CC(C4)C2)C3)C(C)C)cc(OC)c1OC. The number of anilines is 1. The van der Waals surface area contributed by atoms with Crippen LogP contribution in [-0.2, 0) is 9.59 Å². The first-order valence-corrected chi connectivity index (χ1v) is 11.7. The molecule has 4 fully saturated rings. The fourth-order valence-corrected chi connectivity index (χ4v) is 6.59. The summed E-state index contributed by atoms with van der Waals surface area (Å²) in [5.74, 6) is 3.19. The number of rotatable bonds is 8. The van der Waals surface area contributed by atoms with Crippen LogP contribution in [0.3, 0.4) is 0 Å². The molecule has 1 aromatic rings. The lowest BCUT2D eigenvalue weighted by atomic mass is 9.49. The van der Waals surface area contributed by atoms with Gasteiger partial charge in [0.25, 0.3) is 0 Å². The zero-order valence-corrected chi connectivity index (χ0v) is 19.8.